The van der Waals surface area contributed by atoms with Crippen LogP contribution in [0.5, 0.6) is 5.75 Å². The van der Waals surface area contributed by atoms with Gasteiger partial charge < -0.3 is 4.74 Å². The first-order valence-electron chi connectivity index (χ1n) is 11.5. The molecule has 1 aliphatic rings. The van der Waals surface area contributed by atoms with Crippen LogP contribution >= 0.6 is 0 Å². The summed E-state index contributed by atoms with van der Waals surface area (Å²) >= 11 is 0. The lowest BCUT2D eigenvalue weighted by Gasteiger charge is -2.34. The molecule has 2 aromatic rings. The summed E-state index contributed by atoms with van der Waals surface area (Å²) in [4.78, 5) is 16.0. The summed E-state index contributed by atoms with van der Waals surface area (Å²) in [6.45, 7) is 11.4. The second kappa shape index (κ2) is 10.8. The summed E-state index contributed by atoms with van der Waals surface area (Å²) in [7, 11) is 0. The van der Waals surface area contributed by atoms with Crippen molar-refractivity contribution in [3.63, 3.8) is 0 Å². The van der Waals surface area contributed by atoms with Gasteiger partial charge in [-0.05, 0) is 73.5 Å². The minimum Gasteiger partial charge on any atom is -0.489 e. The Morgan fingerprint density at radius 1 is 0.967 bits per heavy atom. The molecule has 0 aliphatic carbocycles. The van der Waals surface area contributed by atoms with Crippen LogP contribution in [0.1, 0.15) is 80.8 Å². The zero-order valence-corrected chi connectivity index (χ0v) is 19.1. The Labute approximate surface area is 182 Å². The fourth-order valence-corrected chi connectivity index (χ4v) is 4.31. The number of carbonyl (C=O) groups is 1. The van der Waals surface area contributed by atoms with E-state index in [-0.39, 0.29) is 11.8 Å². The van der Waals surface area contributed by atoms with Gasteiger partial charge in [-0.2, -0.15) is 0 Å². The highest BCUT2D eigenvalue weighted by Gasteiger charge is 2.29. The van der Waals surface area contributed by atoms with Gasteiger partial charge in [0.15, 0.2) is 5.78 Å². The number of nitrogens with zero attached hydrogens (tertiary/aromatic N) is 1. The number of ether oxygens (including phenoxy) is 1. The lowest BCUT2D eigenvalue weighted by atomic mass is 9.91. The highest BCUT2D eigenvalue weighted by atomic mass is 16.5. The lowest BCUT2D eigenvalue weighted by molar-refractivity contribution is 0.0746. The van der Waals surface area contributed by atoms with Crippen molar-refractivity contribution in [2.24, 2.45) is 5.92 Å². The van der Waals surface area contributed by atoms with Crippen LogP contribution in [0.25, 0.3) is 0 Å². The maximum Gasteiger partial charge on any atom is 0.179 e. The molecule has 0 aromatic heterocycles. The number of Topliss-reactive ketones (excluding diaryl/α,β-unsaturated/α-hetero) is 1. The van der Waals surface area contributed by atoms with Gasteiger partial charge in [0.2, 0.25) is 0 Å². The molecule has 0 amide bonds. The van der Waals surface area contributed by atoms with Crippen molar-refractivity contribution >= 4 is 5.78 Å². The number of ketones is 1. The average molecular weight is 408 g/mol. The van der Waals surface area contributed by atoms with E-state index >= 15 is 0 Å². The summed E-state index contributed by atoms with van der Waals surface area (Å²) in [6, 6.07) is 16.2. The van der Waals surface area contributed by atoms with Gasteiger partial charge in [0.1, 0.15) is 12.4 Å². The topological polar surface area (TPSA) is 29.5 Å². The second-order valence-corrected chi connectivity index (χ2v) is 9.29. The van der Waals surface area contributed by atoms with E-state index in [0.29, 0.717) is 18.4 Å². The van der Waals surface area contributed by atoms with E-state index in [2.05, 4.69) is 50.8 Å². The number of carbonyl (C=O) groups excluding carboxylic acids is 1. The van der Waals surface area contributed by atoms with E-state index in [1.165, 1.54) is 19.3 Å². The van der Waals surface area contributed by atoms with Crippen LogP contribution in [0.2, 0.25) is 0 Å². The quantitative estimate of drug-likeness (QED) is 0.446. The van der Waals surface area contributed by atoms with Crippen molar-refractivity contribution in [3.05, 3.63) is 65.2 Å². The smallest absolute Gasteiger partial charge is 0.179 e. The van der Waals surface area contributed by atoms with Crippen LogP contribution in [-0.2, 0) is 6.61 Å². The van der Waals surface area contributed by atoms with Gasteiger partial charge in [0.05, 0.1) is 6.04 Å². The van der Waals surface area contributed by atoms with Crippen molar-refractivity contribution in [3.8, 4) is 5.75 Å². The van der Waals surface area contributed by atoms with E-state index in [4.69, 9.17) is 4.74 Å². The Kier molecular flexibility index (Phi) is 8.09. The number of rotatable bonds is 9. The van der Waals surface area contributed by atoms with E-state index < -0.39 is 0 Å². The van der Waals surface area contributed by atoms with Crippen LogP contribution in [0, 0.1) is 5.92 Å². The standard InChI is InChI=1S/C27H37NO2/c1-20(2)17-25(28-15-9-6-10-16-28)27(29)23-13-14-26(24(18-23)21(3)4)30-19-22-11-7-5-8-12-22/h5,7-8,11-14,18,20-21,25H,6,9-10,15-17,19H2,1-4H3. The molecule has 1 fully saturated rings. The molecule has 1 unspecified atom stereocenters. The molecule has 3 rings (SSSR count). The van der Waals surface area contributed by atoms with E-state index in [0.717, 1.165) is 42.0 Å². The third kappa shape index (κ3) is 5.95. The molecule has 0 saturated carbocycles. The normalized spacial score (nSPS) is 16.1. The minimum absolute atomic E-state index is 0.0126. The van der Waals surface area contributed by atoms with E-state index in [1.54, 1.807) is 0 Å². The summed E-state index contributed by atoms with van der Waals surface area (Å²) in [5.41, 5.74) is 3.08. The molecular formula is C27H37NO2. The van der Waals surface area contributed by atoms with Crippen LogP contribution in [-0.4, -0.2) is 29.8 Å². The third-order valence-electron chi connectivity index (χ3n) is 5.98. The number of piperidine rings is 1. The molecule has 0 N–H and O–H groups in total. The van der Waals surface area contributed by atoms with Gasteiger partial charge in [0, 0.05) is 5.56 Å². The minimum atomic E-state index is -0.0126. The SMILES string of the molecule is CC(C)CC(C(=O)c1ccc(OCc2ccccc2)c(C(C)C)c1)N1CCCCC1. The molecule has 1 aliphatic heterocycles. The van der Waals surface area contributed by atoms with Gasteiger partial charge in [-0.3, -0.25) is 9.69 Å². The molecule has 1 heterocycles. The molecular weight excluding hydrogens is 370 g/mol. The molecule has 1 atom stereocenters. The number of benzene rings is 2. The van der Waals surface area contributed by atoms with Crippen molar-refractivity contribution in [2.45, 2.75) is 71.9 Å². The largest absolute Gasteiger partial charge is 0.489 e. The molecule has 162 valence electrons. The molecule has 3 nitrogen and oxygen atoms in total. The van der Waals surface area contributed by atoms with Crippen LogP contribution < -0.4 is 4.74 Å². The predicted octanol–water partition coefficient (Wildman–Crippen LogP) is 6.47. The zero-order chi connectivity index (χ0) is 21.5. The van der Waals surface area contributed by atoms with Crippen molar-refractivity contribution < 1.29 is 9.53 Å². The molecule has 0 radical (unpaired) electrons. The first-order chi connectivity index (χ1) is 14.5. The van der Waals surface area contributed by atoms with Crippen molar-refractivity contribution in [1.29, 1.82) is 0 Å². The molecule has 0 bridgehead atoms. The summed E-state index contributed by atoms with van der Waals surface area (Å²) in [5.74, 6) is 1.94. The van der Waals surface area contributed by atoms with E-state index in [1.807, 2.05) is 30.3 Å². The average Bonchev–Trinajstić information content (AvgIpc) is 2.76. The molecule has 3 heteroatoms. The fourth-order valence-electron chi connectivity index (χ4n) is 4.31. The molecule has 1 saturated heterocycles. The number of likely N-dealkylation sites (tertiary alicyclic amines) is 1. The van der Waals surface area contributed by atoms with Crippen molar-refractivity contribution in [1.82, 2.24) is 4.90 Å². The Bertz CT molecular complexity index is 807. The number of hydrogen-bond donors (Lipinski definition) is 0. The number of hydrogen-bond acceptors (Lipinski definition) is 3. The van der Waals surface area contributed by atoms with Gasteiger partial charge in [-0.15, -0.1) is 0 Å². The summed E-state index contributed by atoms with van der Waals surface area (Å²) in [6.07, 6.45) is 4.60. The van der Waals surface area contributed by atoms with Gasteiger partial charge in [-0.25, -0.2) is 0 Å². The third-order valence-corrected chi connectivity index (χ3v) is 5.98. The van der Waals surface area contributed by atoms with Crippen LogP contribution in [0.3, 0.4) is 0 Å². The van der Waals surface area contributed by atoms with Gasteiger partial charge in [-0.1, -0.05) is 64.4 Å². The fraction of sp³-hybridized carbons (Fsp3) is 0.519. The van der Waals surface area contributed by atoms with Crippen molar-refractivity contribution in [2.75, 3.05) is 13.1 Å². The van der Waals surface area contributed by atoms with Crippen LogP contribution in [0.15, 0.2) is 48.5 Å². The molecule has 0 spiro atoms. The Morgan fingerprint density at radius 2 is 1.67 bits per heavy atom. The zero-order valence-electron chi connectivity index (χ0n) is 19.1. The Morgan fingerprint density at radius 3 is 2.30 bits per heavy atom. The van der Waals surface area contributed by atoms with Gasteiger partial charge >= 0.3 is 0 Å². The molecule has 2 aromatic carbocycles. The second-order valence-electron chi connectivity index (χ2n) is 9.29. The maximum absolute atomic E-state index is 13.6. The summed E-state index contributed by atoms with van der Waals surface area (Å²) in [5, 5.41) is 0. The Hall–Kier alpha value is -2.13. The highest BCUT2D eigenvalue weighted by Crippen LogP contribution is 2.30. The first kappa shape index (κ1) is 22.6. The highest BCUT2D eigenvalue weighted by molar-refractivity contribution is 6.00. The van der Waals surface area contributed by atoms with E-state index in [9.17, 15) is 4.79 Å². The Balaban J connectivity index is 1.81. The first-order valence-corrected chi connectivity index (χ1v) is 11.5. The lowest BCUT2D eigenvalue weighted by Crippen LogP contribution is -2.44. The monoisotopic (exact) mass is 407 g/mol. The summed E-state index contributed by atoms with van der Waals surface area (Å²) < 4.78 is 6.14. The predicted molar refractivity (Wildman–Crippen MR) is 124 cm³/mol. The molecule has 30 heavy (non-hydrogen) atoms. The van der Waals surface area contributed by atoms with Gasteiger partial charge in [0.25, 0.3) is 0 Å². The van der Waals surface area contributed by atoms with Crippen LogP contribution in [0.4, 0.5) is 0 Å². The maximum atomic E-state index is 13.6.